The number of pyridine rings is 1. The second kappa shape index (κ2) is 9.10. The van der Waals surface area contributed by atoms with Gasteiger partial charge < -0.3 is 10.1 Å². The van der Waals surface area contributed by atoms with E-state index >= 15 is 0 Å². The van der Waals surface area contributed by atoms with Gasteiger partial charge in [0.25, 0.3) is 5.91 Å². The average Bonchev–Trinajstić information content (AvgIpc) is 2.69. The third kappa shape index (κ3) is 5.68. The van der Waals surface area contributed by atoms with Crippen LogP contribution in [0.15, 0.2) is 41.4 Å². The van der Waals surface area contributed by atoms with Crippen LogP contribution in [0.2, 0.25) is 0 Å². The molecule has 1 aromatic heterocycles. The molecule has 0 radical (unpaired) electrons. The largest absolute Gasteiger partial charge is 0.438 e. The molecular formula is C19H22FN3O4S2. The monoisotopic (exact) mass is 439 g/mol. The number of carbonyl (C=O) groups is 1. The van der Waals surface area contributed by atoms with Crippen molar-refractivity contribution in [1.29, 1.82) is 0 Å². The number of thioether (sulfide) groups is 1. The van der Waals surface area contributed by atoms with Gasteiger partial charge in [0.1, 0.15) is 17.1 Å². The maximum Gasteiger partial charge on any atom is 0.257 e. The van der Waals surface area contributed by atoms with E-state index in [2.05, 4.69) is 10.3 Å². The molecule has 1 saturated heterocycles. The van der Waals surface area contributed by atoms with Gasteiger partial charge in [0.2, 0.25) is 15.9 Å². The lowest BCUT2D eigenvalue weighted by molar-refractivity contribution is 0.0920. The molecule has 2 aromatic rings. The van der Waals surface area contributed by atoms with Crippen molar-refractivity contribution < 1.29 is 22.3 Å². The van der Waals surface area contributed by atoms with Gasteiger partial charge in [0.15, 0.2) is 0 Å². The number of aromatic nitrogens is 1. The Bertz CT molecular complexity index is 993. The summed E-state index contributed by atoms with van der Waals surface area (Å²) in [4.78, 5) is 17.7. The summed E-state index contributed by atoms with van der Waals surface area (Å²) in [6.45, 7) is 0.659. The van der Waals surface area contributed by atoms with E-state index in [1.165, 1.54) is 10.6 Å². The Morgan fingerprint density at radius 1 is 1.31 bits per heavy atom. The van der Waals surface area contributed by atoms with E-state index in [4.69, 9.17) is 4.74 Å². The van der Waals surface area contributed by atoms with Crippen LogP contribution >= 0.6 is 11.8 Å². The number of hydrogen-bond donors (Lipinski definition) is 1. The molecule has 7 nitrogen and oxygen atoms in total. The molecule has 1 fully saturated rings. The molecule has 0 atom stereocenters. The van der Waals surface area contributed by atoms with Crippen LogP contribution in [0.25, 0.3) is 0 Å². The van der Waals surface area contributed by atoms with Gasteiger partial charge in [-0.2, -0.15) is 0 Å². The van der Waals surface area contributed by atoms with Gasteiger partial charge in [0.05, 0.1) is 12.5 Å². The molecule has 156 valence electrons. The molecular weight excluding hydrogens is 417 g/mol. The number of amides is 1. The van der Waals surface area contributed by atoms with Crippen molar-refractivity contribution in [3.05, 3.63) is 47.9 Å². The Kier molecular flexibility index (Phi) is 6.76. The van der Waals surface area contributed by atoms with E-state index in [1.807, 2.05) is 18.4 Å². The molecule has 1 aliphatic rings. The molecule has 0 bridgehead atoms. The van der Waals surface area contributed by atoms with Crippen LogP contribution in [-0.2, 0) is 10.0 Å². The number of nitrogens with zero attached hydrogens (tertiary/aromatic N) is 2. The SMILES string of the molecule is CSc1cccc(Oc2ncc(F)cc2C(=O)NC2CCN(S(C)(=O)=O)CC2)c1. The van der Waals surface area contributed by atoms with Crippen LogP contribution in [0.4, 0.5) is 4.39 Å². The van der Waals surface area contributed by atoms with Gasteiger partial charge in [-0.15, -0.1) is 11.8 Å². The zero-order valence-electron chi connectivity index (χ0n) is 16.1. The first-order valence-electron chi connectivity index (χ1n) is 8.99. The topological polar surface area (TPSA) is 88.6 Å². The molecule has 1 aromatic carbocycles. The normalized spacial score (nSPS) is 15.8. The van der Waals surface area contributed by atoms with Crippen molar-refractivity contribution in [2.45, 2.75) is 23.8 Å². The zero-order chi connectivity index (χ0) is 21.0. The van der Waals surface area contributed by atoms with Crippen molar-refractivity contribution in [2.24, 2.45) is 0 Å². The molecule has 1 aliphatic heterocycles. The fourth-order valence-electron chi connectivity index (χ4n) is 3.04. The minimum Gasteiger partial charge on any atom is -0.438 e. The maximum atomic E-state index is 13.8. The van der Waals surface area contributed by atoms with Gasteiger partial charge in [-0.1, -0.05) is 6.07 Å². The highest BCUT2D eigenvalue weighted by Crippen LogP contribution is 2.27. The van der Waals surface area contributed by atoms with Crippen LogP contribution in [0.1, 0.15) is 23.2 Å². The lowest BCUT2D eigenvalue weighted by Gasteiger charge is -2.30. The number of benzene rings is 1. The average molecular weight is 440 g/mol. The first kappa shape index (κ1) is 21.5. The van der Waals surface area contributed by atoms with Crippen LogP contribution in [0, 0.1) is 5.82 Å². The Balaban J connectivity index is 1.72. The molecule has 0 unspecified atom stereocenters. The first-order chi connectivity index (χ1) is 13.8. The van der Waals surface area contributed by atoms with Crippen LogP contribution in [0.5, 0.6) is 11.6 Å². The summed E-state index contributed by atoms with van der Waals surface area (Å²) < 4.78 is 44.1. The number of sulfonamides is 1. The highest BCUT2D eigenvalue weighted by Gasteiger charge is 2.27. The summed E-state index contributed by atoms with van der Waals surface area (Å²) in [5, 5.41) is 2.83. The Hall–Kier alpha value is -2.17. The van der Waals surface area contributed by atoms with Crippen molar-refractivity contribution in [3.8, 4) is 11.6 Å². The quantitative estimate of drug-likeness (QED) is 0.697. The molecule has 2 heterocycles. The van der Waals surface area contributed by atoms with E-state index in [9.17, 15) is 17.6 Å². The first-order valence-corrected chi connectivity index (χ1v) is 12.1. The van der Waals surface area contributed by atoms with Gasteiger partial charge >= 0.3 is 0 Å². The van der Waals surface area contributed by atoms with Gasteiger partial charge in [0, 0.05) is 24.0 Å². The number of piperidine rings is 1. The maximum absolute atomic E-state index is 13.8. The van der Waals surface area contributed by atoms with Crippen molar-refractivity contribution in [1.82, 2.24) is 14.6 Å². The van der Waals surface area contributed by atoms with E-state index in [0.29, 0.717) is 31.7 Å². The molecule has 29 heavy (non-hydrogen) atoms. The highest BCUT2D eigenvalue weighted by molar-refractivity contribution is 7.98. The molecule has 10 heteroatoms. The highest BCUT2D eigenvalue weighted by atomic mass is 32.2. The number of hydrogen-bond acceptors (Lipinski definition) is 6. The molecule has 3 rings (SSSR count). The standard InChI is InChI=1S/C19H22FN3O4S2/c1-28-16-5-3-4-15(11-16)27-19-17(10-13(20)12-21-19)18(24)22-14-6-8-23(9-7-14)29(2,25)26/h3-5,10-12,14H,6-9H2,1-2H3,(H,22,24). The molecule has 0 spiro atoms. The molecule has 1 amide bonds. The summed E-state index contributed by atoms with van der Waals surface area (Å²) in [5.74, 6) is -0.653. The number of halogens is 1. The molecule has 0 aliphatic carbocycles. The van der Waals surface area contributed by atoms with E-state index in [1.54, 1.807) is 23.9 Å². The third-order valence-corrected chi connectivity index (χ3v) is 6.60. The van der Waals surface area contributed by atoms with Gasteiger partial charge in [-0.05, 0) is 43.4 Å². The number of carbonyl (C=O) groups excluding carboxylic acids is 1. The Morgan fingerprint density at radius 2 is 2.03 bits per heavy atom. The number of nitrogens with one attached hydrogen (secondary N) is 1. The lowest BCUT2D eigenvalue weighted by Crippen LogP contribution is -2.46. The minimum absolute atomic E-state index is 0.00917. The lowest BCUT2D eigenvalue weighted by atomic mass is 10.1. The predicted octanol–water partition coefficient (Wildman–Crippen LogP) is 2.89. The Morgan fingerprint density at radius 3 is 2.69 bits per heavy atom. The molecule has 1 N–H and O–H groups in total. The summed E-state index contributed by atoms with van der Waals surface area (Å²) in [6, 6.07) is 8.15. The van der Waals surface area contributed by atoms with Gasteiger partial charge in [-0.25, -0.2) is 22.1 Å². The zero-order valence-corrected chi connectivity index (χ0v) is 17.7. The minimum atomic E-state index is -3.24. The van der Waals surface area contributed by atoms with E-state index in [-0.39, 0.29) is 17.5 Å². The van der Waals surface area contributed by atoms with Gasteiger partial charge in [-0.3, -0.25) is 4.79 Å². The van der Waals surface area contributed by atoms with Crippen molar-refractivity contribution >= 4 is 27.7 Å². The fourth-order valence-corrected chi connectivity index (χ4v) is 4.36. The second-order valence-electron chi connectivity index (χ2n) is 6.70. The second-order valence-corrected chi connectivity index (χ2v) is 9.56. The van der Waals surface area contributed by atoms with Crippen LogP contribution in [0.3, 0.4) is 0 Å². The molecule has 0 saturated carbocycles. The number of ether oxygens (including phenoxy) is 1. The fraction of sp³-hybridized carbons (Fsp3) is 0.368. The Labute approximate surface area is 173 Å². The van der Waals surface area contributed by atoms with E-state index < -0.39 is 21.7 Å². The summed E-state index contributed by atoms with van der Waals surface area (Å²) in [7, 11) is -3.24. The smallest absolute Gasteiger partial charge is 0.257 e. The third-order valence-electron chi connectivity index (χ3n) is 4.58. The number of rotatable bonds is 6. The van der Waals surface area contributed by atoms with Crippen LogP contribution in [-0.4, -0.2) is 55.3 Å². The summed E-state index contributed by atoms with van der Waals surface area (Å²) in [6.07, 6.45) is 5.05. The van der Waals surface area contributed by atoms with Crippen molar-refractivity contribution in [2.75, 3.05) is 25.6 Å². The van der Waals surface area contributed by atoms with Crippen LogP contribution < -0.4 is 10.1 Å². The predicted molar refractivity (Wildman–Crippen MR) is 109 cm³/mol. The van der Waals surface area contributed by atoms with Crippen molar-refractivity contribution in [3.63, 3.8) is 0 Å². The van der Waals surface area contributed by atoms with E-state index in [0.717, 1.165) is 17.2 Å². The summed E-state index contributed by atoms with van der Waals surface area (Å²) >= 11 is 1.55. The summed E-state index contributed by atoms with van der Waals surface area (Å²) in [5.41, 5.74) is -0.00917.